The molecular weight excluding hydrogens is 244 g/mol. The van der Waals surface area contributed by atoms with E-state index in [1.807, 2.05) is 0 Å². The molecule has 3 rings (SSSR count). The molecule has 2 N–H and O–H groups in total. The number of nitrogens with zero attached hydrogens (tertiary/aromatic N) is 3. The summed E-state index contributed by atoms with van der Waals surface area (Å²) in [5.41, 5.74) is 5.77. The highest BCUT2D eigenvalue weighted by Crippen LogP contribution is 2.32. The lowest BCUT2D eigenvalue weighted by Crippen LogP contribution is -2.38. The Bertz CT molecular complexity index is 518. The second kappa shape index (κ2) is 5.20. The normalized spacial score (nSPS) is 16.5. The number of fused-ring (bicyclic) bond motifs is 1. The van der Waals surface area contributed by atoms with Crippen molar-refractivity contribution in [3.05, 3.63) is 17.8 Å². The Kier molecular flexibility index (Phi) is 3.43. The number of nitrogens with two attached hydrogens (primary N) is 1. The molecule has 1 fully saturated rings. The molecule has 5 heteroatoms. The van der Waals surface area contributed by atoms with Crippen molar-refractivity contribution in [3.8, 4) is 0 Å². The first-order chi connectivity index (χ1) is 8.90. The number of aromatic nitrogens is 2. The SMILES string of the molecule is NCCN(c1ncnc2sccc12)C1CCCC1. The fourth-order valence-electron chi connectivity index (χ4n) is 2.82. The lowest BCUT2D eigenvalue weighted by atomic mass is 10.2. The van der Waals surface area contributed by atoms with Gasteiger partial charge in [0, 0.05) is 19.1 Å². The molecular formula is C13H18N4S. The van der Waals surface area contributed by atoms with E-state index in [1.54, 1.807) is 17.7 Å². The molecule has 1 aliphatic rings. The van der Waals surface area contributed by atoms with Gasteiger partial charge in [-0.2, -0.15) is 0 Å². The Morgan fingerprint density at radius 3 is 2.94 bits per heavy atom. The number of hydrogen-bond donors (Lipinski definition) is 1. The van der Waals surface area contributed by atoms with Crippen LogP contribution in [-0.2, 0) is 0 Å². The second-order valence-electron chi connectivity index (χ2n) is 4.76. The van der Waals surface area contributed by atoms with Crippen LogP contribution in [0.4, 0.5) is 5.82 Å². The van der Waals surface area contributed by atoms with Crippen LogP contribution in [0.15, 0.2) is 17.8 Å². The molecule has 2 aromatic rings. The van der Waals surface area contributed by atoms with E-state index in [2.05, 4.69) is 26.3 Å². The first-order valence-corrected chi connectivity index (χ1v) is 7.43. The maximum Gasteiger partial charge on any atom is 0.141 e. The summed E-state index contributed by atoms with van der Waals surface area (Å²) in [7, 11) is 0. The molecule has 4 nitrogen and oxygen atoms in total. The van der Waals surface area contributed by atoms with Gasteiger partial charge in [0.25, 0.3) is 0 Å². The van der Waals surface area contributed by atoms with Gasteiger partial charge in [-0.05, 0) is 24.3 Å². The van der Waals surface area contributed by atoms with Gasteiger partial charge in [-0.3, -0.25) is 0 Å². The van der Waals surface area contributed by atoms with Crippen molar-refractivity contribution >= 4 is 27.4 Å². The van der Waals surface area contributed by atoms with Crippen LogP contribution >= 0.6 is 11.3 Å². The number of thiophene rings is 1. The Hall–Kier alpha value is -1.20. The molecule has 0 aromatic carbocycles. The van der Waals surface area contributed by atoms with Crippen molar-refractivity contribution in [2.45, 2.75) is 31.7 Å². The zero-order chi connectivity index (χ0) is 12.4. The van der Waals surface area contributed by atoms with Crippen LogP contribution in [0.25, 0.3) is 10.2 Å². The van der Waals surface area contributed by atoms with Crippen LogP contribution in [-0.4, -0.2) is 29.1 Å². The van der Waals surface area contributed by atoms with Crippen molar-refractivity contribution in [2.24, 2.45) is 5.73 Å². The van der Waals surface area contributed by atoms with Crippen LogP contribution in [0.1, 0.15) is 25.7 Å². The highest BCUT2D eigenvalue weighted by molar-refractivity contribution is 7.16. The Labute approximate surface area is 111 Å². The minimum atomic E-state index is 0.603. The topological polar surface area (TPSA) is 55.0 Å². The molecule has 0 aliphatic heterocycles. The molecule has 0 spiro atoms. The zero-order valence-electron chi connectivity index (χ0n) is 10.4. The molecule has 18 heavy (non-hydrogen) atoms. The predicted molar refractivity (Wildman–Crippen MR) is 76.1 cm³/mol. The molecule has 0 radical (unpaired) electrons. The van der Waals surface area contributed by atoms with Crippen molar-refractivity contribution in [1.82, 2.24) is 9.97 Å². The van der Waals surface area contributed by atoms with E-state index in [0.717, 1.165) is 17.2 Å². The van der Waals surface area contributed by atoms with E-state index in [0.29, 0.717) is 12.6 Å². The minimum absolute atomic E-state index is 0.603. The average molecular weight is 262 g/mol. The Morgan fingerprint density at radius 1 is 1.33 bits per heavy atom. The maximum absolute atomic E-state index is 5.77. The van der Waals surface area contributed by atoms with Gasteiger partial charge in [-0.25, -0.2) is 9.97 Å². The lowest BCUT2D eigenvalue weighted by Gasteiger charge is -2.30. The standard InChI is InChI=1S/C13H18N4S/c14-6-7-17(10-3-1-2-4-10)12-11-5-8-18-13(11)16-9-15-12/h5,8-10H,1-4,6-7,14H2. The molecule has 96 valence electrons. The van der Waals surface area contributed by atoms with E-state index >= 15 is 0 Å². The van der Waals surface area contributed by atoms with Gasteiger partial charge < -0.3 is 10.6 Å². The summed E-state index contributed by atoms with van der Waals surface area (Å²) in [6.07, 6.45) is 6.84. The number of rotatable bonds is 4. The summed E-state index contributed by atoms with van der Waals surface area (Å²) in [6, 6.07) is 2.72. The van der Waals surface area contributed by atoms with Crippen LogP contribution in [0.2, 0.25) is 0 Å². The van der Waals surface area contributed by atoms with Crippen LogP contribution < -0.4 is 10.6 Å². The van der Waals surface area contributed by atoms with E-state index in [-0.39, 0.29) is 0 Å². The molecule has 2 heterocycles. The van der Waals surface area contributed by atoms with E-state index in [4.69, 9.17) is 5.73 Å². The molecule has 1 saturated carbocycles. The van der Waals surface area contributed by atoms with Crippen molar-refractivity contribution in [2.75, 3.05) is 18.0 Å². The third-order valence-electron chi connectivity index (χ3n) is 3.65. The fraction of sp³-hybridized carbons (Fsp3) is 0.538. The van der Waals surface area contributed by atoms with Gasteiger partial charge in [-0.15, -0.1) is 11.3 Å². The van der Waals surface area contributed by atoms with Crippen LogP contribution in [0.5, 0.6) is 0 Å². The minimum Gasteiger partial charge on any atom is -0.352 e. The van der Waals surface area contributed by atoms with E-state index in [1.165, 1.54) is 31.1 Å². The third kappa shape index (κ3) is 2.08. The van der Waals surface area contributed by atoms with Gasteiger partial charge in [0.2, 0.25) is 0 Å². The Balaban J connectivity index is 2.00. The lowest BCUT2D eigenvalue weighted by molar-refractivity contribution is 0.604. The molecule has 0 bridgehead atoms. The number of hydrogen-bond acceptors (Lipinski definition) is 5. The summed E-state index contributed by atoms with van der Waals surface area (Å²) in [4.78, 5) is 12.3. The largest absolute Gasteiger partial charge is 0.352 e. The second-order valence-corrected chi connectivity index (χ2v) is 5.65. The maximum atomic E-state index is 5.77. The average Bonchev–Trinajstić information content (AvgIpc) is 3.06. The first kappa shape index (κ1) is 11.9. The van der Waals surface area contributed by atoms with Crippen LogP contribution in [0.3, 0.4) is 0 Å². The van der Waals surface area contributed by atoms with E-state index in [9.17, 15) is 0 Å². The zero-order valence-corrected chi connectivity index (χ0v) is 11.2. The van der Waals surface area contributed by atoms with E-state index < -0.39 is 0 Å². The molecule has 0 amide bonds. The van der Waals surface area contributed by atoms with Crippen molar-refractivity contribution in [3.63, 3.8) is 0 Å². The predicted octanol–water partition coefficient (Wildman–Crippen LogP) is 2.40. The number of anilines is 1. The molecule has 1 aliphatic carbocycles. The third-order valence-corrected chi connectivity index (χ3v) is 4.47. The quantitative estimate of drug-likeness (QED) is 0.919. The first-order valence-electron chi connectivity index (χ1n) is 6.55. The summed E-state index contributed by atoms with van der Waals surface area (Å²) >= 11 is 1.67. The van der Waals surface area contributed by atoms with Gasteiger partial charge in [0.05, 0.1) is 5.39 Å². The summed E-state index contributed by atoms with van der Waals surface area (Å²) in [5.74, 6) is 1.07. The highest BCUT2D eigenvalue weighted by Gasteiger charge is 2.24. The van der Waals surface area contributed by atoms with Gasteiger partial charge in [-0.1, -0.05) is 12.8 Å². The smallest absolute Gasteiger partial charge is 0.141 e. The summed E-state index contributed by atoms with van der Waals surface area (Å²) in [6.45, 7) is 1.55. The molecule has 0 atom stereocenters. The van der Waals surface area contributed by atoms with Crippen LogP contribution in [0, 0.1) is 0 Å². The van der Waals surface area contributed by atoms with Crippen molar-refractivity contribution < 1.29 is 0 Å². The molecule has 2 aromatic heterocycles. The Morgan fingerprint density at radius 2 is 2.17 bits per heavy atom. The fourth-order valence-corrected chi connectivity index (χ4v) is 3.55. The van der Waals surface area contributed by atoms with Crippen molar-refractivity contribution in [1.29, 1.82) is 0 Å². The summed E-state index contributed by atoms with van der Waals surface area (Å²) < 4.78 is 0. The highest BCUT2D eigenvalue weighted by atomic mass is 32.1. The van der Waals surface area contributed by atoms with Gasteiger partial charge in [0.15, 0.2) is 0 Å². The monoisotopic (exact) mass is 262 g/mol. The van der Waals surface area contributed by atoms with Gasteiger partial charge >= 0.3 is 0 Å². The molecule has 0 saturated heterocycles. The van der Waals surface area contributed by atoms with Gasteiger partial charge in [0.1, 0.15) is 17.0 Å². The summed E-state index contributed by atoms with van der Waals surface area (Å²) in [5, 5.41) is 3.25. The molecule has 0 unspecified atom stereocenters.